The molecule has 0 aliphatic rings. The standard InChI is InChI=1S/C18H15ClN2O3S/c1-23-12-7-8-14(24-2)11(9-12)10-20-21-18(22)17-16(19)13-5-3-4-6-15(13)25-17/h3-10H,1-2H3,(H,21,22). The smallest absolute Gasteiger partial charge is 0.283 e. The van der Waals surface area contributed by atoms with Crippen molar-refractivity contribution in [3.63, 3.8) is 0 Å². The van der Waals surface area contributed by atoms with Gasteiger partial charge in [-0.2, -0.15) is 5.10 Å². The van der Waals surface area contributed by atoms with E-state index in [-0.39, 0.29) is 5.91 Å². The van der Waals surface area contributed by atoms with Crippen LogP contribution in [0.2, 0.25) is 5.02 Å². The van der Waals surface area contributed by atoms with E-state index in [9.17, 15) is 4.79 Å². The number of carbonyl (C=O) groups excluding carboxylic acids is 1. The lowest BCUT2D eigenvalue weighted by Crippen LogP contribution is -2.16. The number of thiophene rings is 1. The highest BCUT2D eigenvalue weighted by Gasteiger charge is 2.16. The Morgan fingerprint density at radius 1 is 1.20 bits per heavy atom. The van der Waals surface area contributed by atoms with E-state index in [1.165, 1.54) is 17.6 Å². The molecule has 0 spiro atoms. The van der Waals surface area contributed by atoms with Gasteiger partial charge in [0.2, 0.25) is 0 Å². The van der Waals surface area contributed by atoms with Gasteiger partial charge in [-0.1, -0.05) is 29.8 Å². The fraction of sp³-hybridized carbons (Fsp3) is 0.111. The first-order chi connectivity index (χ1) is 12.1. The summed E-state index contributed by atoms with van der Waals surface area (Å²) in [6.07, 6.45) is 1.50. The number of benzene rings is 2. The Bertz CT molecular complexity index is 953. The highest BCUT2D eigenvalue weighted by molar-refractivity contribution is 7.21. The van der Waals surface area contributed by atoms with Crippen molar-refractivity contribution in [1.82, 2.24) is 5.43 Å². The predicted molar refractivity (Wildman–Crippen MR) is 101 cm³/mol. The first kappa shape index (κ1) is 17.3. The molecule has 25 heavy (non-hydrogen) atoms. The summed E-state index contributed by atoms with van der Waals surface area (Å²) in [6.45, 7) is 0. The Morgan fingerprint density at radius 2 is 2.00 bits per heavy atom. The zero-order valence-corrected chi connectivity index (χ0v) is 15.1. The highest BCUT2D eigenvalue weighted by atomic mass is 35.5. The Morgan fingerprint density at radius 3 is 2.72 bits per heavy atom. The first-order valence-corrected chi connectivity index (χ1v) is 8.56. The second kappa shape index (κ2) is 7.55. The molecule has 5 nitrogen and oxygen atoms in total. The summed E-state index contributed by atoms with van der Waals surface area (Å²) >= 11 is 7.63. The molecule has 0 aliphatic carbocycles. The Kier molecular flexibility index (Phi) is 5.21. The van der Waals surface area contributed by atoms with Crippen molar-refractivity contribution in [2.24, 2.45) is 5.10 Å². The van der Waals surface area contributed by atoms with Crippen LogP contribution in [0.5, 0.6) is 11.5 Å². The van der Waals surface area contributed by atoms with Crippen molar-refractivity contribution in [1.29, 1.82) is 0 Å². The minimum atomic E-state index is -0.357. The average Bonchev–Trinajstić information content (AvgIpc) is 2.98. The molecule has 128 valence electrons. The number of rotatable bonds is 5. The van der Waals surface area contributed by atoms with E-state index in [2.05, 4.69) is 10.5 Å². The molecule has 1 heterocycles. The van der Waals surface area contributed by atoms with E-state index in [1.54, 1.807) is 32.4 Å². The van der Waals surface area contributed by atoms with Gasteiger partial charge in [0.1, 0.15) is 16.4 Å². The molecular formula is C18H15ClN2O3S. The number of hydrogen-bond acceptors (Lipinski definition) is 5. The topological polar surface area (TPSA) is 59.9 Å². The van der Waals surface area contributed by atoms with E-state index in [0.29, 0.717) is 27.0 Å². The van der Waals surface area contributed by atoms with Crippen LogP contribution in [-0.4, -0.2) is 26.3 Å². The summed E-state index contributed by atoms with van der Waals surface area (Å²) < 4.78 is 11.4. The second-order valence-corrected chi connectivity index (χ2v) is 6.48. The van der Waals surface area contributed by atoms with Crippen LogP contribution in [0.3, 0.4) is 0 Å². The zero-order valence-electron chi connectivity index (χ0n) is 13.6. The summed E-state index contributed by atoms with van der Waals surface area (Å²) in [5, 5.41) is 5.30. The van der Waals surface area contributed by atoms with Crippen LogP contribution in [0.1, 0.15) is 15.2 Å². The lowest BCUT2D eigenvalue weighted by atomic mass is 10.2. The molecule has 3 aromatic rings. The van der Waals surface area contributed by atoms with Gasteiger partial charge in [-0.3, -0.25) is 4.79 Å². The van der Waals surface area contributed by atoms with E-state index >= 15 is 0 Å². The summed E-state index contributed by atoms with van der Waals surface area (Å²) in [7, 11) is 3.14. The Labute approximate surface area is 153 Å². The van der Waals surface area contributed by atoms with Gasteiger partial charge in [-0.05, 0) is 24.3 Å². The van der Waals surface area contributed by atoms with Crippen LogP contribution in [0.15, 0.2) is 47.6 Å². The second-order valence-electron chi connectivity index (χ2n) is 5.05. The quantitative estimate of drug-likeness (QED) is 0.534. The van der Waals surface area contributed by atoms with Gasteiger partial charge in [-0.25, -0.2) is 5.43 Å². The molecule has 0 saturated carbocycles. The summed E-state index contributed by atoms with van der Waals surface area (Å²) in [5.74, 6) is 0.934. The number of nitrogens with one attached hydrogen (secondary N) is 1. The van der Waals surface area contributed by atoms with Gasteiger partial charge < -0.3 is 9.47 Å². The molecule has 1 aromatic heterocycles. The number of halogens is 1. The maximum absolute atomic E-state index is 12.3. The Balaban J connectivity index is 1.80. The molecule has 0 unspecified atom stereocenters. The van der Waals surface area contributed by atoms with Gasteiger partial charge in [0.25, 0.3) is 5.91 Å². The number of ether oxygens (including phenoxy) is 2. The number of carbonyl (C=O) groups is 1. The highest BCUT2D eigenvalue weighted by Crippen LogP contribution is 2.34. The van der Waals surface area contributed by atoms with Gasteiger partial charge in [-0.15, -0.1) is 11.3 Å². The number of methoxy groups -OCH3 is 2. The molecule has 3 rings (SSSR count). The lowest BCUT2D eigenvalue weighted by Gasteiger charge is -2.06. The molecule has 0 atom stereocenters. The molecule has 0 fully saturated rings. The minimum Gasteiger partial charge on any atom is -0.497 e. The van der Waals surface area contributed by atoms with Crippen LogP contribution in [0.4, 0.5) is 0 Å². The lowest BCUT2D eigenvalue weighted by molar-refractivity contribution is 0.0959. The SMILES string of the molecule is COc1ccc(OC)c(C=NNC(=O)c2sc3ccccc3c2Cl)c1. The third kappa shape index (κ3) is 3.60. The molecular weight excluding hydrogens is 360 g/mol. The van der Waals surface area contributed by atoms with Crippen LogP contribution >= 0.6 is 22.9 Å². The van der Waals surface area contributed by atoms with Crippen LogP contribution in [0, 0.1) is 0 Å². The first-order valence-electron chi connectivity index (χ1n) is 7.36. The van der Waals surface area contributed by atoms with E-state index in [0.717, 1.165) is 10.1 Å². The molecule has 7 heteroatoms. The average molecular weight is 375 g/mol. The van der Waals surface area contributed by atoms with Gasteiger partial charge >= 0.3 is 0 Å². The van der Waals surface area contributed by atoms with Crippen molar-refractivity contribution < 1.29 is 14.3 Å². The van der Waals surface area contributed by atoms with E-state index in [1.807, 2.05) is 24.3 Å². The van der Waals surface area contributed by atoms with Crippen LogP contribution in [0.25, 0.3) is 10.1 Å². The molecule has 0 saturated heterocycles. The fourth-order valence-corrected chi connectivity index (χ4v) is 3.72. The van der Waals surface area contributed by atoms with Crippen molar-refractivity contribution in [2.75, 3.05) is 14.2 Å². The summed E-state index contributed by atoms with van der Waals surface area (Å²) in [4.78, 5) is 12.8. The van der Waals surface area contributed by atoms with Crippen molar-refractivity contribution in [3.05, 3.63) is 57.9 Å². The third-order valence-corrected chi connectivity index (χ3v) is 5.22. The fourth-order valence-electron chi connectivity index (χ4n) is 2.31. The number of amides is 1. The molecule has 0 radical (unpaired) electrons. The van der Waals surface area contributed by atoms with Crippen molar-refractivity contribution in [2.45, 2.75) is 0 Å². The van der Waals surface area contributed by atoms with Crippen molar-refractivity contribution in [3.8, 4) is 11.5 Å². The number of fused-ring (bicyclic) bond motifs is 1. The summed E-state index contributed by atoms with van der Waals surface area (Å²) in [6, 6.07) is 12.9. The van der Waals surface area contributed by atoms with E-state index in [4.69, 9.17) is 21.1 Å². The summed E-state index contributed by atoms with van der Waals surface area (Å²) in [5.41, 5.74) is 3.18. The maximum Gasteiger partial charge on any atom is 0.283 e. The third-order valence-electron chi connectivity index (χ3n) is 3.55. The zero-order chi connectivity index (χ0) is 17.8. The molecule has 2 aromatic carbocycles. The molecule has 1 amide bonds. The molecule has 0 aliphatic heterocycles. The monoisotopic (exact) mass is 374 g/mol. The predicted octanol–water partition coefficient (Wildman–Crippen LogP) is 4.34. The largest absolute Gasteiger partial charge is 0.497 e. The van der Waals surface area contributed by atoms with E-state index < -0.39 is 0 Å². The van der Waals surface area contributed by atoms with Crippen LogP contribution < -0.4 is 14.9 Å². The molecule has 0 bridgehead atoms. The van der Waals surface area contributed by atoms with Crippen LogP contribution in [-0.2, 0) is 0 Å². The van der Waals surface area contributed by atoms with Gasteiger partial charge in [0.05, 0.1) is 25.5 Å². The number of nitrogens with zero attached hydrogens (tertiary/aromatic N) is 1. The number of hydrazone groups is 1. The molecule has 1 N–H and O–H groups in total. The van der Waals surface area contributed by atoms with Crippen molar-refractivity contribution >= 4 is 45.1 Å². The minimum absolute atomic E-state index is 0.357. The normalized spacial score (nSPS) is 11.0. The Hall–Kier alpha value is -2.57. The number of hydrogen-bond donors (Lipinski definition) is 1. The van der Waals surface area contributed by atoms with Gasteiger partial charge in [0.15, 0.2) is 0 Å². The van der Waals surface area contributed by atoms with Gasteiger partial charge in [0, 0.05) is 15.6 Å². The maximum atomic E-state index is 12.3.